The second-order valence-electron chi connectivity index (χ2n) is 3.85. The number of oxime groups is 1. The highest BCUT2D eigenvalue weighted by Crippen LogP contribution is 2.36. The van der Waals surface area contributed by atoms with Gasteiger partial charge in [-0.1, -0.05) is 16.8 Å². The van der Waals surface area contributed by atoms with E-state index in [2.05, 4.69) is 9.99 Å². The molecule has 0 amide bonds. The number of methoxy groups -OCH3 is 2. The average molecular weight is 282 g/mol. The summed E-state index contributed by atoms with van der Waals surface area (Å²) < 4.78 is 10.3. The van der Waals surface area contributed by atoms with Crippen LogP contribution >= 0.6 is 11.6 Å². The minimum atomic E-state index is -0.483. The average Bonchev–Trinajstić information content (AvgIpc) is 2.70. The molecule has 0 unspecified atom stereocenters. The summed E-state index contributed by atoms with van der Waals surface area (Å²) in [6.45, 7) is 1.69. The van der Waals surface area contributed by atoms with Gasteiger partial charge in [0.25, 0.3) is 0 Å². The van der Waals surface area contributed by atoms with E-state index in [0.717, 1.165) is 0 Å². The van der Waals surface area contributed by atoms with E-state index < -0.39 is 5.97 Å². The highest BCUT2D eigenvalue weighted by molar-refractivity contribution is 6.32. The van der Waals surface area contributed by atoms with Crippen molar-refractivity contribution in [3.63, 3.8) is 0 Å². The van der Waals surface area contributed by atoms with Gasteiger partial charge >= 0.3 is 5.97 Å². The van der Waals surface area contributed by atoms with Gasteiger partial charge in [0.1, 0.15) is 0 Å². The van der Waals surface area contributed by atoms with Crippen LogP contribution in [0.5, 0.6) is 11.5 Å². The molecule has 1 heterocycles. The van der Waals surface area contributed by atoms with E-state index in [9.17, 15) is 4.79 Å². The zero-order valence-corrected chi connectivity index (χ0v) is 11.4. The third kappa shape index (κ3) is 2.56. The number of ether oxygens (including phenoxy) is 2. The van der Waals surface area contributed by atoms with Crippen molar-refractivity contribution < 1.29 is 19.1 Å². The lowest BCUT2D eigenvalue weighted by Crippen LogP contribution is -2.02. The van der Waals surface area contributed by atoms with Gasteiger partial charge in [0.05, 0.1) is 30.5 Å². The lowest BCUT2D eigenvalue weighted by atomic mass is 10.1. The maximum Gasteiger partial charge on any atom is 0.367 e. The van der Waals surface area contributed by atoms with Gasteiger partial charge in [-0.3, -0.25) is 0 Å². The van der Waals surface area contributed by atoms with E-state index >= 15 is 0 Å². The van der Waals surface area contributed by atoms with E-state index in [4.69, 9.17) is 21.1 Å². The Morgan fingerprint density at radius 1 is 1.32 bits per heavy atom. The Morgan fingerprint density at radius 2 is 2.05 bits per heavy atom. The molecule has 0 radical (unpaired) electrons. The SMILES string of the molecule is COc1cc(/C=C2/C(=O)ON=C2C)cc(Cl)c1OC. The Hall–Kier alpha value is -2.01. The van der Waals surface area contributed by atoms with Crippen molar-refractivity contribution in [3.05, 3.63) is 28.3 Å². The molecule has 1 aliphatic rings. The monoisotopic (exact) mass is 281 g/mol. The predicted molar refractivity (Wildman–Crippen MR) is 71.7 cm³/mol. The molecule has 5 nitrogen and oxygen atoms in total. The first-order chi connectivity index (χ1) is 9.06. The Kier molecular flexibility index (Phi) is 3.76. The van der Waals surface area contributed by atoms with Crippen LogP contribution in [-0.4, -0.2) is 25.9 Å². The maximum absolute atomic E-state index is 11.5. The summed E-state index contributed by atoms with van der Waals surface area (Å²) in [5, 5.41) is 4.00. The van der Waals surface area contributed by atoms with Crippen LogP contribution < -0.4 is 9.47 Å². The molecule has 1 aliphatic heterocycles. The molecule has 0 fully saturated rings. The molecular formula is C13H12ClNO4. The highest BCUT2D eigenvalue weighted by Gasteiger charge is 2.22. The smallest absolute Gasteiger partial charge is 0.367 e. The first-order valence-corrected chi connectivity index (χ1v) is 5.84. The van der Waals surface area contributed by atoms with Gasteiger partial charge in [-0.25, -0.2) is 4.79 Å². The van der Waals surface area contributed by atoms with E-state index in [-0.39, 0.29) is 0 Å². The molecule has 0 bridgehead atoms. The van der Waals surface area contributed by atoms with Crippen LogP contribution in [0.2, 0.25) is 5.02 Å². The van der Waals surface area contributed by atoms with E-state index in [1.807, 2.05) is 0 Å². The minimum Gasteiger partial charge on any atom is -0.493 e. The number of carbonyl (C=O) groups excluding carboxylic acids is 1. The number of nitrogens with zero attached hydrogens (tertiary/aromatic N) is 1. The highest BCUT2D eigenvalue weighted by atomic mass is 35.5. The summed E-state index contributed by atoms with van der Waals surface area (Å²) in [5.74, 6) is 0.455. The second kappa shape index (κ2) is 5.32. The van der Waals surface area contributed by atoms with Gasteiger partial charge in [0.2, 0.25) is 0 Å². The fraction of sp³-hybridized carbons (Fsp3) is 0.231. The maximum atomic E-state index is 11.5. The van der Waals surface area contributed by atoms with E-state index in [1.165, 1.54) is 14.2 Å². The van der Waals surface area contributed by atoms with Crippen LogP contribution in [-0.2, 0) is 9.63 Å². The van der Waals surface area contributed by atoms with Gasteiger partial charge < -0.3 is 14.3 Å². The van der Waals surface area contributed by atoms with Gasteiger partial charge in [0.15, 0.2) is 11.5 Å². The van der Waals surface area contributed by atoms with Crippen LogP contribution in [0.4, 0.5) is 0 Å². The summed E-state index contributed by atoms with van der Waals surface area (Å²) in [4.78, 5) is 16.0. The minimum absolute atomic E-state index is 0.392. The van der Waals surface area contributed by atoms with E-state index in [1.54, 1.807) is 25.1 Å². The summed E-state index contributed by atoms with van der Waals surface area (Å²) in [5.41, 5.74) is 1.62. The van der Waals surface area contributed by atoms with Gasteiger partial charge in [-0.05, 0) is 30.7 Å². The molecule has 1 aromatic rings. The van der Waals surface area contributed by atoms with Crippen molar-refractivity contribution in [2.24, 2.45) is 5.16 Å². The lowest BCUT2D eigenvalue weighted by Gasteiger charge is -2.10. The number of hydrogen-bond donors (Lipinski definition) is 0. The third-order valence-electron chi connectivity index (χ3n) is 2.64. The Morgan fingerprint density at radius 3 is 2.58 bits per heavy atom. The predicted octanol–water partition coefficient (Wildman–Crippen LogP) is 2.67. The molecule has 6 heteroatoms. The van der Waals surface area contributed by atoms with E-state index in [0.29, 0.717) is 33.4 Å². The van der Waals surface area contributed by atoms with Crippen LogP contribution in [0.1, 0.15) is 12.5 Å². The summed E-state index contributed by atoms with van der Waals surface area (Å²) >= 11 is 6.09. The van der Waals surface area contributed by atoms with Crippen molar-refractivity contribution in [1.29, 1.82) is 0 Å². The summed E-state index contributed by atoms with van der Waals surface area (Å²) in [7, 11) is 3.02. The molecule has 100 valence electrons. The summed E-state index contributed by atoms with van der Waals surface area (Å²) in [6.07, 6.45) is 1.64. The molecule has 0 saturated heterocycles. The molecule has 0 aromatic heterocycles. The normalized spacial score (nSPS) is 16.3. The quantitative estimate of drug-likeness (QED) is 0.631. The summed E-state index contributed by atoms with van der Waals surface area (Å²) in [6, 6.07) is 3.39. The van der Waals surface area contributed by atoms with Gasteiger partial charge in [-0.2, -0.15) is 0 Å². The first-order valence-electron chi connectivity index (χ1n) is 5.46. The Labute approximate surface area is 115 Å². The molecule has 0 N–H and O–H groups in total. The Balaban J connectivity index is 2.47. The molecule has 0 atom stereocenters. The molecule has 19 heavy (non-hydrogen) atoms. The molecule has 0 spiro atoms. The molecular weight excluding hydrogens is 270 g/mol. The van der Waals surface area contributed by atoms with Crippen molar-refractivity contribution in [1.82, 2.24) is 0 Å². The molecule has 1 aromatic carbocycles. The molecule has 0 aliphatic carbocycles. The standard InChI is InChI=1S/C13H12ClNO4/c1-7-9(13(16)19-15-7)4-8-5-10(14)12(18-3)11(6-8)17-2/h4-6H,1-3H3/b9-4+. The van der Waals surface area contributed by atoms with Crippen LogP contribution in [0.25, 0.3) is 6.08 Å². The third-order valence-corrected chi connectivity index (χ3v) is 2.92. The second-order valence-corrected chi connectivity index (χ2v) is 4.26. The first kappa shape index (κ1) is 13.4. The number of benzene rings is 1. The van der Waals surface area contributed by atoms with Gasteiger partial charge in [-0.15, -0.1) is 0 Å². The lowest BCUT2D eigenvalue weighted by molar-refractivity contribution is -0.136. The largest absolute Gasteiger partial charge is 0.493 e. The number of rotatable bonds is 3. The topological polar surface area (TPSA) is 57.1 Å². The zero-order chi connectivity index (χ0) is 14.0. The number of halogens is 1. The molecule has 0 saturated carbocycles. The Bertz CT molecular complexity index is 593. The van der Waals surface area contributed by atoms with Crippen LogP contribution in [0.15, 0.2) is 22.9 Å². The van der Waals surface area contributed by atoms with Gasteiger partial charge in [0, 0.05) is 0 Å². The fourth-order valence-corrected chi connectivity index (χ4v) is 2.00. The molecule has 2 rings (SSSR count). The van der Waals surface area contributed by atoms with Crippen molar-refractivity contribution in [3.8, 4) is 11.5 Å². The van der Waals surface area contributed by atoms with Crippen LogP contribution in [0, 0.1) is 0 Å². The fourth-order valence-electron chi connectivity index (χ4n) is 1.71. The number of carbonyl (C=O) groups is 1. The van der Waals surface area contributed by atoms with Crippen molar-refractivity contribution >= 4 is 29.4 Å². The van der Waals surface area contributed by atoms with Crippen molar-refractivity contribution in [2.45, 2.75) is 6.92 Å². The zero-order valence-electron chi connectivity index (χ0n) is 10.7. The number of hydrogen-bond acceptors (Lipinski definition) is 5. The van der Waals surface area contributed by atoms with Crippen molar-refractivity contribution in [2.75, 3.05) is 14.2 Å². The van der Waals surface area contributed by atoms with Crippen LogP contribution in [0.3, 0.4) is 0 Å².